The fourth-order valence-electron chi connectivity index (χ4n) is 3.72. The quantitative estimate of drug-likeness (QED) is 0.645. The minimum atomic E-state index is -0.119. The third-order valence-electron chi connectivity index (χ3n) is 4.76. The van der Waals surface area contributed by atoms with Crippen molar-refractivity contribution in [2.75, 3.05) is 59.1 Å². The van der Waals surface area contributed by atoms with E-state index >= 15 is 0 Å². The van der Waals surface area contributed by atoms with Gasteiger partial charge < -0.3 is 24.4 Å². The van der Waals surface area contributed by atoms with Gasteiger partial charge in [-0.2, -0.15) is 0 Å². The standard InChI is InChI=1S/C17H34N2O3/c1-4-21-9-7-19-12-15-10-18(6-5-8-22-14(2)3)11-16(13-19)17(15)20/h14-17,20H,4-13H2,1-3H3. The van der Waals surface area contributed by atoms with Gasteiger partial charge in [-0.25, -0.2) is 0 Å². The predicted molar refractivity (Wildman–Crippen MR) is 88.1 cm³/mol. The van der Waals surface area contributed by atoms with E-state index in [0.717, 1.165) is 65.5 Å². The van der Waals surface area contributed by atoms with Crippen LogP contribution in [0, 0.1) is 11.8 Å². The number of nitrogens with zero attached hydrogens (tertiary/aromatic N) is 2. The molecule has 130 valence electrons. The SMILES string of the molecule is CCOCCN1CC2CN(CCCOC(C)C)CC(C1)C2O. The predicted octanol–water partition coefficient (Wildman–Crippen LogP) is 1.06. The van der Waals surface area contributed by atoms with Gasteiger partial charge in [-0.05, 0) is 27.2 Å². The Morgan fingerprint density at radius 2 is 1.59 bits per heavy atom. The van der Waals surface area contributed by atoms with E-state index in [1.807, 2.05) is 6.92 Å². The van der Waals surface area contributed by atoms with Crippen molar-refractivity contribution in [1.82, 2.24) is 9.80 Å². The number of aliphatic hydroxyl groups excluding tert-OH is 1. The van der Waals surface area contributed by atoms with Crippen molar-refractivity contribution in [3.05, 3.63) is 0 Å². The Bertz CT molecular complexity index is 298. The monoisotopic (exact) mass is 314 g/mol. The van der Waals surface area contributed by atoms with Crippen molar-refractivity contribution < 1.29 is 14.6 Å². The molecule has 2 rings (SSSR count). The van der Waals surface area contributed by atoms with E-state index in [1.54, 1.807) is 0 Å². The molecule has 2 heterocycles. The largest absolute Gasteiger partial charge is 0.392 e. The zero-order valence-corrected chi connectivity index (χ0v) is 14.5. The molecule has 2 bridgehead atoms. The Kier molecular flexibility index (Phi) is 7.57. The third kappa shape index (κ3) is 5.46. The number of fused-ring (bicyclic) bond motifs is 2. The van der Waals surface area contributed by atoms with Crippen LogP contribution in [-0.4, -0.2) is 86.2 Å². The second kappa shape index (κ2) is 9.18. The third-order valence-corrected chi connectivity index (χ3v) is 4.76. The van der Waals surface area contributed by atoms with Crippen LogP contribution in [0.25, 0.3) is 0 Å². The average Bonchev–Trinajstić information content (AvgIpc) is 2.45. The zero-order chi connectivity index (χ0) is 15.9. The van der Waals surface area contributed by atoms with Gasteiger partial charge in [0.15, 0.2) is 0 Å². The number of likely N-dealkylation sites (tertiary alicyclic amines) is 2. The lowest BCUT2D eigenvalue weighted by Crippen LogP contribution is -2.60. The Labute approximate surface area is 135 Å². The highest BCUT2D eigenvalue weighted by atomic mass is 16.5. The Morgan fingerprint density at radius 1 is 1.00 bits per heavy atom. The van der Waals surface area contributed by atoms with Gasteiger partial charge in [-0.15, -0.1) is 0 Å². The lowest BCUT2D eigenvalue weighted by atomic mass is 9.81. The maximum absolute atomic E-state index is 10.4. The molecule has 0 aliphatic carbocycles. The summed E-state index contributed by atoms with van der Waals surface area (Å²) >= 11 is 0. The highest BCUT2D eigenvalue weighted by Gasteiger charge is 2.40. The van der Waals surface area contributed by atoms with Crippen LogP contribution >= 0.6 is 0 Å². The number of hydrogen-bond acceptors (Lipinski definition) is 5. The van der Waals surface area contributed by atoms with Crippen LogP contribution in [0.2, 0.25) is 0 Å². The fraction of sp³-hybridized carbons (Fsp3) is 1.00. The van der Waals surface area contributed by atoms with Gasteiger partial charge in [-0.3, -0.25) is 0 Å². The number of piperidine rings is 2. The molecule has 0 aromatic rings. The first-order valence-electron chi connectivity index (χ1n) is 8.92. The minimum Gasteiger partial charge on any atom is -0.392 e. The van der Waals surface area contributed by atoms with Gasteiger partial charge in [0, 0.05) is 64.3 Å². The molecular weight excluding hydrogens is 280 g/mol. The number of aliphatic hydroxyl groups is 1. The summed E-state index contributed by atoms with van der Waals surface area (Å²) in [6.45, 7) is 14.8. The lowest BCUT2D eigenvalue weighted by molar-refractivity contribution is -0.0827. The van der Waals surface area contributed by atoms with Crippen LogP contribution in [-0.2, 0) is 9.47 Å². The average molecular weight is 314 g/mol. The zero-order valence-electron chi connectivity index (χ0n) is 14.5. The van der Waals surface area contributed by atoms with E-state index in [9.17, 15) is 5.11 Å². The van der Waals surface area contributed by atoms with E-state index in [-0.39, 0.29) is 6.10 Å². The summed E-state index contributed by atoms with van der Waals surface area (Å²) in [6, 6.07) is 0. The summed E-state index contributed by atoms with van der Waals surface area (Å²) in [6.07, 6.45) is 1.29. The lowest BCUT2D eigenvalue weighted by Gasteiger charge is -2.49. The normalized spacial score (nSPS) is 30.1. The highest BCUT2D eigenvalue weighted by Crippen LogP contribution is 2.29. The number of rotatable bonds is 9. The van der Waals surface area contributed by atoms with Gasteiger partial charge in [0.25, 0.3) is 0 Å². The molecule has 2 atom stereocenters. The molecule has 5 heteroatoms. The van der Waals surface area contributed by atoms with Gasteiger partial charge in [-0.1, -0.05) is 0 Å². The van der Waals surface area contributed by atoms with Gasteiger partial charge >= 0.3 is 0 Å². The second-order valence-corrected chi connectivity index (χ2v) is 7.00. The van der Waals surface area contributed by atoms with Gasteiger partial charge in [0.1, 0.15) is 0 Å². The van der Waals surface area contributed by atoms with Crippen LogP contribution in [0.4, 0.5) is 0 Å². The molecule has 0 amide bonds. The van der Waals surface area contributed by atoms with E-state index in [0.29, 0.717) is 17.9 Å². The van der Waals surface area contributed by atoms with Gasteiger partial charge in [0.2, 0.25) is 0 Å². The molecule has 22 heavy (non-hydrogen) atoms. The first-order valence-corrected chi connectivity index (χ1v) is 8.92. The summed E-state index contributed by atoms with van der Waals surface area (Å²) < 4.78 is 11.1. The molecule has 2 aliphatic rings. The molecular formula is C17H34N2O3. The summed E-state index contributed by atoms with van der Waals surface area (Å²) in [7, 11) is 0. The highest BCUT2D eigenvalue weighted by molar-refractivity contribution is 4.93. The maximum Gasteiger partial charge on any atom is 0.0645 e. The van der Waals surface area contributed by atoms with Crippen molar-refractivity contribution in [2.45, 2.75) is 39.4 Å². The van der Waals surface area contributed by atoms with Crippen LogP contribution in [0.1, 0.15) is 27.2 Å². The van der Waals surface area contributed by atoms with Crippen LogP contribution < -0.4 is 0 Å². The molecule has 1 N–H and O–H groups in total. The first-order chi connectivity index (χ1) is 10.6. The maximum atomic E-state index is 10.4. The van der Waals surface area contributed by atoms with Crippen molar-refractivity contribution in [2.24, 2.45) is 11.8 Å². The molecule has 2 aliphatic heterocycles. The van der Waals surface area contributed by atoms with Crippen LogP contribution in [0.15, 0.2) is 0 Å². The molecule has 0 saturated carbocycles. The van der Waals surface area contributed by atoms with Crippen molar-refractivity contribution in [1.29, 1.82) is 0 Å². The summed E-state index contributed by atoms with van der Waals surface area (Å²) in [4.78, 5) is 4.99. The molecule has 0 spiro atoms. The Hall–Kier alpha value is -0.200. The van der Waals surface area contributed by atoms with E-state index < -0.39 is 0 Å². The summed E-state index contributed by atoms with van der Waals surface area (Å²) in [5.74, 6) is 0.778. The summed E-state index contributed by atoms with van der Waals surface area (Å²) in [5.41, 5.74) is 0. The van der Waals surface area contributed by atoms with Crippen molar-refractivity contribution in [3.8, 4) is 0 Å². The van der Waals surface area contributed by atoms with Crippen molar-refractivity contribution in [3.63, 3.8) is 0 Å². The molecule has 2 saturated heterocycles. The molecule has 0 aromatic carbocycles. The smallest absolute Gasteiger partial charge is 0.0645 e. The first kappa shape index (κ1) is 18.1. The minimum absolute atomic E-state index is 0.119. The van der Waals surface area contributed by atoms with E-state index in [1.165, 1.54) is 0 Å². The fourth-order valence-corrected chi connectivity index (χ4v) is 3.72. The van der Waals surface area contributed by atoms with E-state index in [2.05, 4.69) is 23.6 Å². The molecule has 2 unspecified atom stereocenters. The molecule has 2 fully saturated rings. The number of hydrogen-bond donors (Lipinski definition) is 1. The summed E-state index contributed by atoms with van der Waals surface area (Å²) in [5, 5.41) is 10.4. The Morgan fingerprint density at radius 3 is 2.14 bits per heavy atom. The second-order valence-electron chi connectivity index (χ2n) is 7.00. The molecule has 0 aromatic heterocycles. The number of ether oxygens (including phenoxy) is 2. The van der Waals surface area contributed by atoms with E-state index in [4.69, 9.17) is 9.47 Å². The molecule has 0 radical (unpaired) electrons. The van der Waals surface area contributed by atoms with Gasteiger partial charge in [0.05, 0.1) is 18.8 Å². The van der Waals surface area contributed by atoms with Crippen LogP contribution in [0.3, 0.4) is 0 Å². The molecule has 5 nitrogen and oxygen atoms in total. The topological polar surface area (TPSA) is 45.2 Å². The van der Waals surface area contributed by atoms with Crippen molar-refractivity contribution >= 4 is 0 Å². The Balaban J connectivity index is 1.72. The van der Waals surface area contributed by atoms with Crippen LogP contribution in [0.5, 0.6) is 0 Å².